The number of hydrogen-bond donors (Lipinski definition) is 2. The third kappa shape index (κ3) is 3.44. The van der Waals surface area contributed by atoms with E-state index in [9.17, 15) is 14.0 Å². The number of halogens is 1. The van der Waals surface area contributed by atoms with Crippen LogP contribution in [0, 0.1) is 5.82 Å². The molecule has 1 amide bonds. The zero-order valence-electron chi connectivity index (χ0n) is 9.36. The van der Waals surface area contributed by atoms with Crippen molar-refractivity contribution in [3.8, 4) is 5.75 Å². The molecule has 0 bridgehead atoms. The van der Waals surface area contributed by atoms with E-state index < -0.39 is 17.9 Å². The second-order valence-electron chi connectivity index (χ2n) is 3.36. The molecule has 2 N–H and O–H groups in total. The van der Waals surface area contributed by atoms with Gasteiger partial charge in [0.25, 0.3) is 5.91 Å². The molecule has 0 aliphatic carbocycles. The van der Waals surface area contributed by atoms with Crippen LogP contribution in [-0.4, -0.2) is 30.1 Å². The molecular weight excluding hydrogens is 229 g/mol. The number of benzene rings is 1. The topological polar surface area (TPSA) is 75.6 Å². The Kier molecular flexibility index (Phi) is 4.03. The lowest BCUT2D eigenvalue weighted by molar-refractivity contribution is -0.126. The Morgan fingerprint density at radius 3 is 2.59 bits per heavy atom. The highest BCUT2D eigenvalue weighted by Gasteiger charge is 2.14. The summed E-state index contributed by atoms with van der Waals surface area (Å²) in [6, 6.07) is 3.05. The number of carbonyl (C=O) groups is 2. The van der Waals surface area contributed by atoms with Crippen LogP contribution < -0.4 is 10.1 Å². The van der Waals surface area contributed by atoms with Gasteiger partial charge in [-0.1, -0.05) is 0 Å². The zero-order chi connectivity index (χ0) is 13.0. The Morgan fingerprint density at radius 1 is 1.41 bits per heavy atom. The minimum Gasteiger partial charge on any atom is -0.481 e. The second-order valence-corrected chi connectivity index (χ2v) is 3.36. The first-order chi connectivity index (χ1) is 7.93. The second kappa shape index (κ2) is 5.29. The van der Waals surface area contributed by atoms with Gasteiger partial charge in [0.2, 0.25) is 0 Å². The standard InChI is InChI=1S/C11H12FNO4/c1-6(10(14)13-2)17-9-4-7(11(15)16)3-8(12)5-9/h3-6H,1-2H3,(H,13,14)(H,15,16). The number of rotatable bonds is 4. The number of carboxylic acid groups (broad SMARTS) is 1. The first-order valence-corrected chi connectivity index (χ1v) is 4.86. The van der Waals surface area contributed by atoms with E-state index in [0.29, 0.717) is 0 Å². The quantitative estimate of drug-likeness (QED) is 0.825. The van der Waals surface area contributed by atoms with Gasteiger partial charge < -0.3 is 15.2 Å². The molecule has 0 heterocycles. The largest absolute Gasteiger partial charge is 0.481 e. The predicted molar refractivity (Wildman–Crippen MR) is 57.5 cm³/mol. The molecule has 1 rings (SSSR count). The maximum absolute atomic E-state index is 13.1. The van der Waals surface area contributed by atoms with Gasteiger partial charge in [-0.15, -0.1) is 0 Å². The van der Waals surface area contributed by atoms with Crippen molar-refractivity contribution in [2.24, 2.45) is 0 Å². The van der Waals surface area contributed by atoms with Gasteiger partial charge in [-0.25, -0.2) is 9.18 Å². The lowest BCUT2D eigenvalue weighted by Crippen LogP contribution is -2.33. The molecule has 1 unspecified atom stereocenters. The molecule has 0 spiro atoms. The molecule has 0 saturated carbocycles. The number of likely N-dealkylation sites (N-methyl/N-ethyl adjacent to an activating group) is 1. The van der Waals surface area contributed by atoms with E-state index in [1.54, 1.807) is 0 Å². The highest BCUT2D eigenvalue weighted by molar-refractivity contribution is 5.88. The van der Waals surface area contributed by atoms with Crippen LogP contribution in [0.5, 0.6) is 5.75 Å². The average molecular weight is 241 g/mol. The normalized spacial score (nSPS) is 11.7. The number of amides is 1. The van der Waals surface area contributed by atoms with Crippen LogP contribution in [-0.2, 0) is 4.79 Å². The number of aromatic carboxylic acids is 1. The summed E-state index contributed by atoms with van der Waals surface area (Å²) in [6.07, 6.45) is -0.830. The van der Waals surface area contributed by atoms with Crippen molar-refractivity contribution in [1.82, 2.24) is 5.32 Å². The number of ether oxygens (including phenoxy) is 1. The van der Waals surface area contributed by atoms with Crippen molar-refractivity contribution in [3.63, 3.8) is 0 Å². The van der Waals surface area contributed by atoms with E-state index in [2.05, 4.69) is 5.32 Å². The van der Waals surface area contributed by atoms with Gasteiger partial charge in [0.05, 0.1) is 5.56 Å². The molecule has 0 radical (unpaired) electrons. The zero-order valence-corrected chi connectivity index (χ0v) is 9.36. The maximum atomic E-state index is 13.1. The molecule has 5 nitrogen and oxygen atoms in total. The van der Waals surface area contributed by atoms with Gasteiger partial charge in [0, 0.05) is 13.1 Å². The summed E-state index contributed by atoms with van der Waals surface area (Å²) in [7, 11) is 1.44. The predicted octanol–water partition coefficient (Wildman–Crippen LogP) is 1.04. The third-order valence-electron chi connectivity index (χ3n) is 2.05. The fourth-order valence-corrected chi connectivity index (χ4v) is 1.22. The van der Waals surface area contributed by atoms with E-state index in [1.807, 2.05) is 0 Å². The van der Waals surface area contributed by atoms with E-state index in [4.69, 9.17) is 9.84 Å². The SMILES string of the molecule is CNC(=O)C(C)Oc1cc(F)cc(C(=O)O)c1. The van der Waals surface area contributed by atoms with Crippen LogP contribution in [0.15, 0.2) is 18.2 Å². The first kappa shape index (κ1) is 13.0. The molecule has 0 fully saturated rings. The summed E-state index contributed by atoms with van der Waals surface area (Å²) in [6.45, 7) is 1.48. The van der Waals surface area contributed by atoms with Crippen LogP contribution in [0.2, 0.25) is 0 Å². The fourth-order valence-electron chi connectivity index (χ4n) is 1.22. The molecule has 1 aromatic carbocycles. The maximum Gasteiger partial charge on any atom is 0.335 e. The molecule has 1 atom stereocenters. The lowest BCUT2D eigenvalue weighted by Gasteiger charge is -2.13. The number of carboxylic acids is 1. The van der Waals surface area contributed by atoms with Gasteiger partial charge in [0.1, 0.15) is 11.6 Å². The van der Waals surface area contributed by atoms with E-state index in [0.717, 1.165) is 18.2 Å². The van der Waals surface area contributed by atoms with Crippen LogP contribution in [0.25, 0.3) is 0 Å². The van der Waals surface area contributed by atoms with Gasteiger partial charge in [0.15, 0.2) is 6.10 Å². The van der Waals surface area contributed by atoms with Gasteiger partial charge >= 0.3 is 5.97 Å². The molecule has 6 heteroatoms. The molecule has 1 aromatic rings. The minimum atomic E-state index is -1.26. The first-order valence-electron chi connectivity index (χ1n) is 4.86. The van der Waals surface area contributed by atoms with Crippen molar-refractivity contribution in [2.75, 3.05) is 7.05 Å². The van der Waals surface area contributed by atoms with Crippen molar-refractivity contribution >= 4 is 11.9 Å². The molecule has 0 aromatic heterocycles. The summed E-state index contributed by atoms with van der Waals surface area (Å²) >= 11 is 0. The van der Waals surface area contributed by atoms with Gasteiger partial charge in [-0.2, -0.15) is 0 Å². The van der Waals surface area contributed by atoms with Crippen molar-refractivity contribution < 1.29 is 23.8 Å². The monoisotopic (exact) mass is 241 g/mol. The Hall–Kier alpha value is -2.11. The van der Waals surface area contributed by atoms with E-state index in [-0.39, 0.29) is 17.2 Å². The highest BCUT2D eigenvalue weighted by Crippen LogP contribution is 2.17. The fraction of sp³-hybridized carbons (Fsp3) is 0.273. The number of hydrogen-bond acceptors (Lipinski definition) is 3. The lowest BCUT2D eigenvalue weighted by atomic mass is 10.2. The summed E-state index contributed by atoms with van der Waals surface area (Å²) < 4.78 is 18.2. The molecule has 0 aliphatic heterocycles. The van der Waals surface area contributed by atoms with Crippen molar-refractivity contribution in [2.45, 2.75) is 13.0 Å². The Morgan fingerprint density at radius 2 is 2.06 bits per heavy atom. The van der Waals surface area contributed by atoms with Crippen molar-refractivity contribution in [1.29, 1.82) is 0 Å². The smallest absolute Gasteiger partial charge is 0.335 e. The van der Waals surface area contributed by atoms with Gasteiger partial charge in [-0.05, 0) is 19.1 Å². The molecule has 17 heavy (non-hydrogen) atoms. The summed E-state index contributed by atoms with van der Waals surface area (Å²) in [5.41, 5.74) is -0.232. The summed E-state index contributed by atoms with van der Waals surface area (Å²) in [5, 5.41) is 11.1. The Labute approximate surface area is 97.2 Å². The third-order valence-corrected chi connectivity index (χ3v) is 2.05. The number of carbonyl (C=O) groups excluding carboxylic acids is 1. The average Bonchev–Trinajstić information content (AvgIpc) is 2.26. The van der Waals surface area contributed by atoms with Crippen molar-refractivity contribution in [3.05, 3.63) is 29.6 Å². The van der Waals surface area contributed by atoms with Crippen LogP contribution >= 0.6 is 0 Å². The summed E-state index contributed by atoms with van der Waals surface area (Å²) in [4.78, 5) is 21.9. The minimum absolute atomic E-state index is 0.00139. The van der Waals surface area contributed by atoms with Crippen LogP contribution in [0.1, 0.15) is 17.3 Å². The Balaban J connectivity index is 2.91. The van der Waals surface area contributed by atoms with Crippen LogP contribution in [0.4, 0.5) is 4.39 Å². The molecule has 0 aliphatic rings. The van der Waals surface area contributed by atoms with Gasteiger partial charge in [-0.3, -0.25) is 4.79 Å². The molecule has 0 saturated heterocycles. The Bertz CT molecular complexity index is 447. The summed E-state index contributed by atoms with van der Waals surface area (Å²) in [5.74, 6) is -2.38. The highest BCUT2D eigenvalue weighted by atomic mass is 19.1. The van der Waals surface area contributed by atoms with E-state index in [1.165, 1.54) is 14.0 Å². The number of nitrogens with one attached hydrogen (secondary N) is 1. The van der Waals surface area contributed by atoms with Crippen LogP contribution in [0.3, 0.4) is 0 Å². The van der Waals surface area contributed by atoms with E-state index >= 15 is 0 Å². The molecular formula is C11H12FNO4. The molecule has 92 valence electrons.